The monoisotopic (exact) mass is 282 g/mol. The molecule has 0 bridgehead atoms. The zero-order chi connectivity index (χ0) is 14.0. The zero-order valence-electron chi connectivity index (χ0n) is 10.2. The average Bonchev–Trinajstić information content (AvgIpc) is 2.72. The normalized spacial score (nSPS) is 11.5. The first kappa shape index (κ1) is 13.3. The molecule has 0 atom stereocenters. The van der Waals surface area contributed by atoms with E-state index in [-0.39, 0.29) is 10.6 Å². The lowest BCUT2D eigenvalue weighted by Crippen LogP contribution is -2.15. The molecule has 1 heterocycles. The summed E-state index contributed by atoms with van der Waals surface area (Å²) in [5.41, 5.74) is 6.33. The molecule has 102 valence electrons. The van der Waals surface area contributed by atoms with Gasteiger partial charge in [-0.15, -0.1) is 0 Å². The van der Waals surface area contributed by atoms with Gasteiger partial charge in [0.25, 0.3) is 0 Å². The minimum Gasteiger partial charge on any atom is -0.396 e. The molecule has 0 aliphatic carbocycles. The van der Waals surface area contributed by atoms with Crippen molar-refractivity contribution in [1.29, 1.82) is 0 Å². The van der Waals surface area contributed by atoms with Crippen molar-refractivity contribution in [2.24, 2.45) is 12.2 Å². The van der Waals surface area contributed by atoms with Crippen molar-refractivity contribution >= 4 is 21.4 Å². The molecule has 2 aromatic rings. The van der Waals surface area contributed by atoms with E-state index in [0.717, 1.165) is 0 Å². The molecule has 0 radical (unpaired) electrons. The van der Waals surface area contributed by atoms with Gasteiger partial charge in [-0.25, -0.2) is 18.5 Å². The van der Waals surface area contributed by atoms with Crippen LogP contribution in [0.2, 0.25) is 0 Å². The Morgan fingerprint density at radius 1 is 1.42 bits per heavy atom. The number of hydrogen-bond acceptors (Lipinski definition) is 6. The summed E-state index contributed by atoms with van der Waals surface area (Å²) in [5.74, 6) is 0.572. The molecule has 0 aliphatic heterocycles. The number of aromatic nitrogens is 3. The third kappa shape index (κ3) is 3.01. The van der Waals surface area contributed by atoms with E-state index in [0.29, 0.717) is 18.1 Å². The molecule has 2 rings (SSSR count). The van der Waals surface area contributed by atoms with Gasteiger partial charge < -0.3 is 11.1 Å². The highest BCUT2D eigenvalue weighted by molar-refractivity contribution is 7.89. The fraction of sp³-hybridized carbons (Fsp3) is 0.200. The predicted octanol–water partition coefficient (Wildman–Crippen LogP) is -0.343. The lowest BCUT2D eigenvalue weighted by molar-refractivity contribution is 0.598. The fourth-order valence-corrected chi connectivity index (χ4v) is 2.27. The minimum absolute atomic E-state index is 0.0842. The quantitative estimate of drug-likeness (QED) is 0.658. The van der Waals surface area contributed by atoms with Gasteiger partial charge in [-0.05, 0) is 12.1 Å². The van der Waals surface area contributed by atoms with Gasteiger partial charge in [0.2, 0.25) is 10.0 Å². The second-order valence-electron chi connectivity index (χ2n) is 3.95. The van der Waals surface area contributed by atoms with E-state index >= 15 is 0 Å². The molecule has 19 heavy (non-hydrogen) atoms. The third-order valence-electron chi connectivity index (χ3n) is 2.46. The van der Waals surface area contributed by atoms with Crippen LogP contribution >= 0.6 is 0 Å². The van der Waals surface area contributed by atoms with Crippen LogP contribution in [0.1, 0.15) is 5.82 Å². The highest BCUT2D eigenvalue weighted by Crippen LogP contribution is 2.25. The van der Waals surface area contributed by atoms with Gasteiger partial charge in [-0.2, -0.15) is 5.10 Å². The molecule has 1 aromatic heterocycles. The Bertz CT molecular complexity index is 694. The molecule has 0 amide bonds. The van der Waals surface area contributed by atoms with Crippen molar-refractivity contribution in [1.82, 2.24) is 14.8 Å². The lowest BCUT2D eigenvalue weighted by atomic mass is 10.2. The van der Waals surface area contributed by atoms with E-state index in [1.807, 2.05) is 0 Å². The average molecular weight is 282 g/mol. The number of aryl methyl sites for hydroxylation is 1. The van der Waals surface area contributed by atoms with E-state index in [9.17, 15) is 8.42 Å². The first-order valence-corrected chi connectivity index (χ1v) is 6.92. The van der Waals surface area contributed by atoms with Crippen molar-refractivity contribution < 1.29 is 8.42 Å². The summed E-state index contributed by atoms with van der Waals surface area (Å²) in [6, 6.07) is 4.58. The van der Waals surface area contributed by atoms with Crippen LogP contribution in [-0.2, 0) is 23.6 Å². The van der Waals surface area contributed by atoms with Crippen LogP contribution in [-0.4, -0.2) is 23.2 Å². The Balaban J connectivity index is 2.22. The van der Waals surface area contributed by atoms with Crippen molar-refractivity contribution in [3.63, 3.8) is 0 Å². The molecule has 1 aromatic carbocycles. The van der Waals surface area contributed by atoms with E-state index in [1.165, 1.54) is 6.07 Å². The summed E-state index contributed by atoms with van der Waals surface area (Å²) in [4.78, 5) is 3.93. The van der Waals surface area contributed by atoms with Crippen LogP contribution in [0.25, 0.3) is 0 Å². The molecular formula is C10H14N6O2S. The van der Waals surface area contributed by atoms with E-state index < -0.39 is 10.0 Å². The highest BCUT2D eigenvalue weighted by atomic mass is 32.2. The van der Waals surface area contributed by atoms with Gasteiger partial charge in [-0.3, -0.25) is 4.68 Å². The molecular weight excluding hydrogens is 268 g/mol. The van der Waals surface area contributed by atoms with Crippen molar-refractivity contribution in [3.05, 3.63) is 30.4 Å². The zero-order valence-corrected chi connectivity index (χ0v) is 11.1. The van der Waals surface area contributed by atoms with Crippen LogP contribution < -0.4 is 16.2 Å². The summed E-state index contributed by atoms with van der Waals surface area (Å²) in [6.45, 7) is 0.332. The van der Waals surface area contributed by atoms with Crippen LogP contribution in [0.3, 0.4) is 0 Å². The van der Waals surface area contributed by atoms with Crippen LogP contribution in [0.4, 0.5) is 11.4 Å². The summed E-state index contributed by atoms with van der Waals surface area (Å²) >= 11 is 0. The summed E-state index contributed by atoms with van der Waals surface area (Å²) < 4.78 is 24.2. The first-order chi connectivity index (χ1) is 8.88. The summed E-state index contributed by atoms with van der Waals surface area (Å²) in [6.07, 6.45) is 1.57. The number of benzene rings is 1. The molecule has 9 heteroatoms. The Labute approximate surface area is 110 Å². The number of sulfonamides is 1. The largest absolute Gasteiger partial charge is 0.396 e. The highest BCUT2D eigenvalue weighted by Gasteiger charge is 2.14. The smallest absolute Gasteiger partial charge is 0.240 e. The number of para-hydroxylation sites is 1. The topological polar surface area (TPSA) is 129 Å². The molecule has 0 saturated heterocycles. The molecule has 0 saturated carbocycles. The van der Waals surface area contributed by atoms with Crippen LogP contribution in [0.5, 0.6) is 0 Å². The molecule has 0 spiro atoms. The maximum Gasteiger partial charge on any atom is 0.240 e. The third-order valence-corrected chi connectivity index (χ3v) is 3.43. The second kappa shape index (κ2) is 4.86. The number of nitrogen functional groups attached to an aromatic ring is 1. The van der Waals surface area contributed by atoms with Gasteiger partial charge in [0.15, 0.2) is 5.82 Å². The van der Waals surface area contributed by atoms with Crippen molar-refractivity contribution in [3.8, 4) is 0 Å². The summed E-state index contributed by atoms with van der Waals surface area (Å²) in [5, 5.41) is 12.1. The van der Waals surface area contributed by atoms with E-state index in [1.54, 1.807) is 30.2 Å². The van der Waals surface area contributed by atoms with Gasteiger partial charge in [0, 0.05) is 7.05 Å². The standard InChI is InChI=1S/C10H14N6O2S/c1-16-6-14-9(15-16)5-13-7-3-2-4-8(10(7)11)19(12,17)18/h2-4,6,13H,5,11H2,1H3,(H2,12,17,18). The van der Waals surface area contributed by atoms with Gasteiger partial charge in [-0.1, -0.05) is 6.07 Å². The number of anilines is 2. The Kier molecular flexibility index (Phi) is 3.40. The maximum absolute atomic E-state index is 11.3. The molecule has 0 unspecified atom stereocenters. The van der Waals surface area contributed by atoms with Gasteiger partial charge >= 0.3 is 0 Å². The SMILES string of the molecule is Cn1cnc(CNc2cccc(S(N)(=O)=O)c2N)n1. The lowest BCUT2D eigenvalue weighted by Gasteiger charge is -2.10. The molecule has 0 fully saturated rings. The maximum atomic E-state index is 11.3. The first-order valence-electron chi connectivity index (χ1n) is 5.37. The molecule has 5 N–H and O–H groups in total. The predicted molar refractivity (Wildman–Crippen MR) is 70.6 cm³/mol. The number of nitrogens with one attached hydrogen (secondary N) is 1. The number of hydrogen-bond donors (Lipinski definition) is 3. The number of rotatable bonds is 4. The van der Waals surface area contributed by atoms with E-state index in [2.05, 4.69) is 15.4 Å². The van der Waals surface area contributed by atoms with Gasteiger partial charge in [0.05, 0.1) is 17.9 Å². The van der Waals surface area contributed by atoms with Crippen LogP contribution in [0.15, 0.2) is 29.4 Å². The number of primary sulfonamides is 1. The fourth-order valence-electron chi connectivity index (χ4n) is 1.59. The molecule has 8 nitrogen and oxygen atoms in total. The minimum atomic E-state index is -3.84. The Morgan fingerprint density at radius 3 is 2.74 bits per heavy atom. The van der Waals surface area contributed by atoms with Crippen molar-refractivity contribution in [2.45, 2.75) is 11.4 Å². The number of nitrogens with zero attached hydrogens (tertiary/aromatic N) is 3. The van der Waals surface area contributed by atoms with E-state index in [4.69, 9.17) is 10.9 Å². The molecule has 0 aliphatic rings. The van der Waals surface area contributed by atoms with Crippen molar-refractivity contribution in [2.75, 3.05) is 11.1 Å². The second-order valence-corrected chi connectivity index (χ2v) is 5.48. The Morgan fingerprint density at radius 2 is 2.16 bits per heavy atom. The van der Waals surface area contributed by atoms with Crippen LogP contribution in [0, 0.1) is 0 Å². The Hall–Kier alpha value is -2.13. The number of nitrogens with two attached hydrogens (primary N) is 2. The van der Waals surface area contributed by atoms with Gasteiger partial charge in [0.1, 0.15) is 11.2 Å². The summed E-state index contributed by atoms with van der Waals surface area (Å²) in [7, 11) is -2.08.